The zero-order valence-corrected chi connectivity index (χ0v) is 19.4. The van der Waals surface area contributed by atoms with Gasteiger partial charge in [0, 0.05) is 51.1 Å². The molecule has 2 fully saturated rings. The highest BCUT2D eigenvalue weighted by Gasteiger charge is 2.27. The number of halogens is 1. The van der Waals surface area contributed by atoms with E-state index in [1.807, 2.05) is 4.90 Å². The van der Waals surface area contributed by atoms with E-state index in [0.717, 1.165) is 31.9 Å². The van der Waals surface area contributed by atoms with Crippen molar-refractivity contribution in [3.63, 3.8) is 0 Å². The van der Waals surface area contributed by atoms with Crippen molar-refractivity contribution in [1.29, 1.82) is 0 Å². The monoisotopic (exact) mass is 473 g/mol. The number of nitrogens with zero attached hydrogens (tertiary/aromatic N) is 2. The second-order valence-electron chi connectivity index (χ2n) is 8.74. The summed E-state index contributed by atoms with van der Waals surface area (Å²) in [6.45, 7) is 2.43. The smallest absolute Gasteiger partial charge is 0.256 e. The van der Waals surface area contributed by atoms with Crippen molar-refractivity contribution < 1.29 is 22.4 Å². The lowest BCUT2D eigenvalue weighted by molar-refractivity contribution is -0.107. The number of hydrogen-bond donors (Lipinski definition) is 1. The van der Waals surface area contributed by atoms with Crippen LogP contribution in [0.15, 0.2) is 41.3 Å². The SMILES string of the molecule is CS(=O)(=O)c1ccc(NCC2CC2)c(C(=O)N2CCN(c3ccc(CC=O)cc3F)CC2)c1. The van der Waals surface area contributed by atoms with E-state index in [1.54, 1.807) is 23.1 Å². The highest BCUT2D eigenvalue weighted by atomic mass is 32.2. The van der Waals surface area contributed by atoms with Gasteiger partial charge in [-0.3, -0.25) is 4.79 Å². The zero-order valence-electron chi connectivity index (χ0n) is 18.6. The molecule has 0 spiro atoms. The fraction of sp³-hybridized carbons (Fsp3) is 0.417. The number of aldehydes is 1. The third kappa shape index (κ3) is 5.52. The summed E-state index contributed by atoms with van der Waals surface area (Å²) in [5, 5.41) is 3.30. The normalized spacial score (nSPS) is 16.5. The molecular formula is C24H28FN3O4S. The molecule has 9 heteroatoms. The molecule has 4 rings (SSSR count). The quantitative estimate of drug-likeness (QED) is 0.594. The Balaban J connectivity index is 1.49. The highest BCUT2D eigenvalue weighted by molar-refractivity contribution is 7.90. The van der Waals surface area contributed by atoms with Gasteiger partial charge < -0.3 is 19.9 Å². The minimum absolute atomic E-state index is 0.110. The van der Waals surface area contributed by atoms with Gasteiger partial charge in [-0.05, 0) is 54.7 Å². The molecular weight excluding hydrogens is 445 g/mol. The molecule has 2 aromatic rings. The summed E-state index contributed by atoms with van der Waals surface area (Å²) in [4.78, 5) is 27.7. The van der Waals surface area contributed by atoms with Gasteiger partial charge in [-0.1, -0.05) is 6.07 Å². The largest absolute Gasteiger partial charge is 0.384 e. The first-order valence-electron chi connectivity index (χ1n) is 11.1. The maximum absolute atomic E-state index is 14.5. The Bertz CT molecular complexity index is 1160. The van der Waals surface area contributed by atoms with Crippen molar-refractivity contribution in [3.05, 3.63) is 53.3 Å². The first-order valence-corrected chi connectivity index (χ1v) is 13.0. The molecule has 1 N–H and O–H groups in total. The Kier molecular flexibility index (Phi) is 6.69. The van der Waals surface area contributed by atoms with E-state index in [9.17, 15) is 22.4 Å². The first-order chi connectivity index (χ1) is 15.8. The third-order valence-electron chi connectivity index (χ3n) is 6.17. The lowest BCUT2D eigenvalue weighted by Crippen LogP contribution is -2.49. The number of carbonyl (C=O) groups excluding carboxylic acids is 2. The van der Waals surface area contributed by atoms with Crippen molar-refractivity contribution in [1.82, 2.24) is 4.90 Å². The van der Waals surface area contributed by atoms with Crippen LogP contribution in [0.25, 0.3) is 0 Å². The number of sulfone groups is 1. The second-order valence-corrected chi connectivity index (χ2v) is 10.8. The molecule has 2 aromatic carbocycles. The molecule has 0 radical (unpaired) electrons. The number of rotatable bonds is 8. The summed E-state index contributed by atoms with van der Waals surface area (Å²) < 4.78 is 38.7. The van der Waals surface area contributed by atoms with Crippen LogP contribution in [0, 0.1) is 11.7 Å². The van der Waals surface area contributed by atoms with E-state index in [4.69, 9.17) is 0 Å². The van der Waals surface area contributed by atoms with Crippen LogP contribution >= 0.6 is 0 Å². The van der Waals surface area contributed by atoms with Gasteiger partial charge in [0.05, 0.1) is 16.1 Å². The van der Waals surface area contributed by atoms with Gasteiger partial charge in [0.1, 0.15) is 12.1 Å². The van der Waals surface area contributed by atoms with Gasteiger partial charge in [-0.25, -0.2) is 12.8 Å². The van der Waals surface area contributed by atoms with Gasteiger partial charge in [-0.15, -0.1) is 0 Å². The van der Waals surface area contributed by atoms with Crippen molar-refractivity contribution in [2.75, 3.05) is 49.2 Å². The predicted octanol–water partition coefficient (Wildman–Crippen LogP) is 2.75. The predicted molar refractivity (Wildman–Crippen MR) is 125 cm³/mol. The summed E-state index contributed by atoms with van der Waals surface area (Å²) in [6.07, 6.45) is 4.36. The fourth-order valence-electron chi connectivity index (χ4n) is 4.01. The molecule has 1 saturated carbocycles. The summed E-state index contributed by atoms with van der Waals surface area (Å²) in [5.74, 6) is -0.0271. The van der Waals surface area contributed by atoms with Crippen LogP contribution in [-0.2, 0) is 21.1 Å². The summed E-state index contributed by atoms with van der Waals surface area (Å²) in [5.41, 5.74) is 2.05. The summed E-state index contributed by atoms with van der Waals surface area (Å²) in [6, 6.07) is 9.41. The average molecular weight is 474 g/mol. The van der Waals surface area contributed by atoms with Gasteiger partial charge in [0.2, 0.25) is 0 Å². The van der Waals surface area contributed by atoms with Crippen molar-refractivity contribution >= 4 is 33.4 Å². The molecule has 1 aliphatic carbocycles. The molecule has 0 atom stereocenters. The number of benzene rings is 2. The second kappa shape index (κ2) is 9.51. The van der Waals surface area contributed by atoms with E-state index in [1.165, 1.54) is 18.2 Å². The van der Waals surface area contributed by atoms with Crippen LogP contribution in [0.1, 0.15) is 28.8 Å². The van der Waals surface area contributed by atoms with Gasteiger partial charge in [0.25, 0.3) is 5.91 Å². The summed E-state index contributed by atoms with van der Waals surface area (Å²) in [7, 11) is -3.45. The molecule has 2 aliphatic rings. The van der Waals surface area contributed by atoms with Gasteiger partial charge >= 0.3 is 0 Å². The van der Waals surface area contributed by atoms with Crippen LogP contribution in [0.5, 0.6) is 0 Å². The van der Waals surface area contributed by atoms with Gasteiger partial charge in [-0.2, -0.15) is 0 Å². The maximum Gasteiger partial charge on any atom is 0.256 e. The maximum atomic E-state index is 14.5. The van der Waals surface area contributed by atoms with Crippen molar-refractivity contribution in [3.8, 4) is 0 Å². The number of hydrogen-bond acceptors (Lipinski definition) is 6. The molecule has 7 nitrogen and oxygen atoms in total. The minimum atomic E-state index is -3.45. The molecule has 176 valence electrons. The molecule has 0 aromatic heterocycles. The number of piperazine rings is 1. The van der Waals surface area contributed by atoms with Crippen molar-refractivity contribution in [2.24, 2.45) is 5.92 Å². The van der Waals surface area contributed by atoms with E-state index in [0.29, 0.717) is 54.6 Å². The van der Waals surface area contributed by atoms with E-state index < -0.39 is 9.84 Å². The Hall–Kier alpha value is -2.94. The molecule has 1 aliphatic heterocycles. The standard InChI is InChI=1S/C24H28FN3O4S/c1-33(31,32)19-5-6-22(26-16-18-2-3-18)20(15-19)24(30)28-11-9-27(10-12-28)23-7-4-17(8-13-29)14-21(23)25/h4-7,13-15,18,26H,2-3,8-12,16H2,1H3. The Labute approximate surface area is 193 Å². The van der Waals surface area contributed by atoms with E-state index in [2.05, 4.69) is 5.32 Å². The van der Waals surface area contributed by atoms with Crippen LogP contribution in [0.4, 0.5) is 15.8 Å². The number of carbonyl (C=O) groups is 2. The van der Waals surface area contributed by atoms with Crippen LogP contribution in [-0.4, -0.2) is 64.5 Å². The molecule has 1 amide bonds. The van der Waals surface area contributed by atoms with E-state index in [-0.39, 0.29) is 23.0 Å². The Morgan fingerprint density at radius 3 is 2.45 bits per heavy atom. The van der Waals surface area contributed by atoms with Crippen molar-refractivity contribution in [2.45, 2.75) is 24.2 Å². The topological polar surface area (TPSA) is 86.8 Å². The van der Waals surface area contributed by atoms with Crippen LogP contribution in [0.2, 0.25) is 0 Å². The van der Waals surface area contributed by atoms with E-state index >= 15 is 0 Å². The Morgan fingerprint density at radius 1 is 1.12 bits per heavy atom. The average Bonchev–Trinajstić information content (AvgIpc) is 3.62. The third-order valence-corrected chi connectivity index (χ3v) is 7.28. The number of nitrogens with one attached hydrogen (secondary N) is 1. The summed E-state index contributed by atoms with van der Waals surface area (Å²) >= 11 is 0. The molecule has 0 bridgehead atoms. The van der Waals surface area contributed by atoms with Crippen LogP contribution in [0.3, 0.4) is 0 Å². The lowest BCUT2D eigenvalue weighted by atomic mass is 10.1. The minimum Gasteiger partial charge on any atom is -0.384 e. The molecule has 0 unspecified atom stereocenters. The molecule has 1 heterocycles. The fourth-order valence-corrected chi connectivity index (χ4v) is 4.66. The zero-order chi connectivity index (χ0) is 23.6. The molecule has 33 heavy (non-hydrogen) atoms. The van der Waals surface area contributed by atoms with Crippen LogP contribution < -0.4 is 10.2 Å². The lowest BCUT2D eigenvalue weighted by Gasteiger charge is -2.36. The highest BCUT2D eigenvalue weighted by Crippen LogP contribution is 2.30. The first kappa shape index (κ1) is 23.2. The molecule has 1 saturated heterocycles. The van der Waals surface area contributed by atoms with Gasteiger partial charge in [0.15, 0.2) is 9.84 Å². The number of amides is 1. The Morgan fingerprint density at radius 2 is 1.85 bits per heavy atom. The number of anilines is 2.